The lowest BCUT2D eigenvalue weighted by atomic mass is 10.1. The number of nitrogens with zero attached hydrogens (tertiary/aromatic N) is 3. The number of aryl methyl sites for hydroxylation is 1. The minimum Gasteiger partial charge on any atom is -0.351 e. The highest BCUT2D eigenvalue weighted by molar-refractivity contribution is 5.78. The van der Waals surface area contributed by atoms with E-state index in [2.05, 4.69) is 15.2 Å². The summed E-state index contributed by atoms with van der Waals surface area (Å²) in [4.78, 5) is 32.6. The topological polar surface area (TPSA) is 65.5 Å². The summed E-state index contributed by atoms with van der Waals surface area (Å²) in [5.74, 6) is 0.197. The molecule has 0 unspecified atom stereocenters. The van der Waals surface area contributed by atoms with E-state index in [0.717, 1.165) is 30.6 Å². The molecule has 142 valence electrons. The Labute approximate surface area is 160 Å². The van der Waals surface area contributed by atoms with Crippen LogP contribution in [0.5, 0.6) is 0 Å². The van der Waals surface area contributed by atoms with Crippen molar-refractivity contribution in [2.45, 2.75) is 19.4 Å². The van der Waals surface area contributed by atoms with Crippen LogP contribution in [0.15, 0.2) is 54.9 Å². The molecule has 0 bridgehead atoms. The Balaban J connectivity index is 1.34. The van der Waals surface area contributed by atoms with Gasteiger partial charge in [0, 0.05) is 51.5 Å². The molecule has 1 saturated heterocycles. The van der Waals surface area contributed by atoms with E-state index < -0.39 is 0 Å². The molecule has 6 heteroatoms. The number of aromatic nitrogens is 1. The van der Waals surface area contributed by atoms with Crippen molar-refractivity contribution >= 4 is 11.8 Å². The largest absolute Gasteiger partial charge is 0.351 e. The van der Waals surface area contributed by atoms with Crippen molar-refractivity contribution in [1.29, 1.82) is 0 Å². The number of piperazine rings is 1. The Morgan fingerprint density at radius 1 is 0.963 bits per heavy atom. The van der Waals surface area contributed by atoms with Crippen LogP contribution in [0.3, 0.4) is 0 Å². The summed E-state index contributed by atoms with van der Waals surface area (Å²) in [6.07, 6.45) is 4.76. The van der Waals surface area contributed by atoms with Gasteiger partial charge in [-0.05, 0) is 23.6 Å². The number of hydrogen-bond acceptors (Lipinski definition) is 4. The number of carbonyl (C=O) groups is 2. The van der Waals surface area contributed by atoms with Gasteiger partial charge in [0.15, 0.2) is 0 Å². The van der Waals surface area contributed by atoms with Crippen molar-refractivity contribution in [2.24, 2.45) is 0 Å². The molecule has 1 fully saturated rings. The van der Waals surface area contributed by atoms with Crippen LogP contribution in [-0.2, 0) is 22.6 Å². The van der Waals surface area contributed by atoms with Crippen LogP contribution in [0.25, 0.3) is 0 Å². The SMILES string of the molecule is O=C(CN1CCN(C(=O)CCc2cccnc2)CC1)NCc1ccccc1. The molecule has 2 aromatic rings. The number of hydrogen-bond donors (Lipinski definition) is 1. The van der Waals surface area contributed by atoms with Crippen molar-refractivity contribution in [1.82, 2.24) is 20.1 Å². The first-order valence-electron chi connectivity index (χ1n) is 9.40. The van der Waals surface area contributed by atoms with E-state index in [-0.39, 0.29) is 11.8 Å². The van der Waals surface area contributed by atoms with Gasteiger partial charge in [-0.3, -0.25) is 19.5 Å². The highest BCUT2D eigenvalue weighted by atomic mass is 16.2. The van der Waals surface area contributed by atoms with Crippen LogP contribution < -0.4 is 5.32 Å². The second-order valence-corrected chi connectivity index (χ2v) is 6.78. The molecule has 2 heterocycles. The van der Waals surface area contributed by atoms with E-state index >= 15 is 0 Å². The van der Waals surface area contributed by atoms with Crippen molar-refractivity contribution in [3.63, 3.8) is 0 Å². The molecule has 27 heavy (non-hydrogen) atoms. The van der Waals surface area contributed by atoms with Crippen molar-refractivity contribution in [3.8, 4) is 0 Å². The number of rotatable bonds is 7. The summed E-state index contributed by atoms with van der Waals surface area (Å²) < 4.78 is 0. The Hall–Kier alpha value is -2.73. The zero-order valence-electron chi connectivity index (χ0n) is 15.5. The molecule has 1 N–H and O–H groups in total. The third kappa shape index (κ3) is 6.18. The third-order valence-corrected chi connectivity index (χ3v) is 4.78. The van der Waals surface area contributed by atoms with Crippen LogP contribution in [-0.4, -0.2) is 59.3 Å². The van der Waals surface area contributed by atoms with Crippen LogP contribution in [0.4, 0.5) is 0 Å². The van der Waals surface area contributed by atoms with Gasteiger partial charge in [0.2, 0.25) is 11.8 Å². The van der Waals surface area contributed by atoms with E-state index in [4.69, 9.17) is 0 Å². The average Bonchev–Trinajstić information content (AvgIpc) is 2.72. The molecule has 3 rings (SSSR count). The van der Waals surface area contributed by atoms with E-state index in [1.165, 1.54) is 0 Å². The number of benzene rings is 1. The van der Waals surface area contributed by atoms with E-state index in [1.54, 1.807) is 12.4 Å². The quantitative estimate of drug-likeness (QED) is 0.806. The molecule has 0 spiro atoms. The van der Waals surface area contributed by atoms with Crippen LogP contribution >= 0.6 is 0 Å². The lowest BCUT2D eigenvalue weighted by Crippen LogP contribution is -2.51. The maximum Gasteiger partial charge on any atom is 0.234 e. The Bertz CT molecular complexity index is 728. The molecule has 0 atom stereocenters. The number of amides is 2. The Morgan fingerprint density at radius 3 is 2.41 bits per heavy atom. The highest BCUT2D eigenvalue weighted by Crippen LogP contribution is 2.07. The van der Waals surface area contributed by atoms with Crippen molar-refractivity contribution < 1.29 is 9.59 Å². The monoisotopic (exact) mass is 366 g/mol. The summed E-state index contributed by atoms with van der Waals surface area (Å²) in [5.41, 5.74) is 2.18. The molecule has 1 aliphatic heterocycles. The average molecular weight is 366 g/mol. The summed E-state index contributed by atoms with van der Waals surface area (Å²) in [6, 6.07) is 13.8. The minimum atomic E-state index is 0.0233. The zero-order valence-corrected chi connectivity index (χ0v) is 15.5. The first-order valence-corrected chi connectivity index (χ1v) is 9.40. The lowest BCUT2D eigenvalue weighted by molar-refractivity contribution is -0.133. The normalized spacial score (nSPS) is 14.7. The number of nitrogens with one attached hydrogen (secondary N) is 1. The van der Waals surface area contributed by atoms with Gasteiger partial charge in [-0.15, -0.1) is 0 Å². The van der Waals surface area contributed by atoms with E-state index in [1.807, 2.05) is 47.4 Å². The molecule has 2 amide bonds. The number of pyridine rings is 1. The standard InChI is InChI=1S/C21H26N4O2/c26-20(23-16-18-5-2-1-3-6-18)17-24-11-13-25(14-12-24)21(27)9-8-19-7-4-10-22-15-19/h1-7,10,15H,8-9,11-14,16-17H2,(H,23,26). The third-order valence-electron chi connectivity index (χ3n) is 4.78. The predicted octanol–water partition coefficient (Wildman–Crippen LogP) is 1.47. The molecule has 1 aliphatic rings. The molecule has 0 saturated carbocycles. The van der Waals surface area contributed by atoms with Crippen molar-refractivity contribution in [2.75, 3.05) is 32.7 Å². The van der Waals surface area contributed by atoms with E-state index in [9.17, 15) is 9.59 Å². The molecule has 0 aliphatic carbocycles. The molecular weight excluding hydrogens is 340 g/mol. The first-order chi connectivity index (χ1) is 13.2. The first kappa shape index (κ1) is 19.0. The van der Waals surface area contributed by atoms with Gasteiger partial charge >= 0.3 is 0 Å². The Kier molecular flexibility index (Phi) is 6.93. The van der Waals surface area contributed by atoms with Gasteiger partial charge in [0.1, 0.15) is 0 Å². The van der Waals surface area contributed by atoms with Gasteiger partial charge in [-0.25, -0.2) is 0 Å². The molecular formula is C21H26N4O2. The summed E-state index contributed by atoms with van der Waals surface area (Å²) in [5, 5.41) is 2.95. The fourth-order valence-corrected chi connectivity index (χ4v) is 3.17. The molecule has 6 nitrogen and oxygen atoms in total. The van der Waals surface area contributed by atoms with Crippen LogP contribution in [0, 0.1) is 0 Å². The Morgan fingerprint density at radius 2 is 1.70 bits per heavy atom. The van der Waals surface area contributed by atoms with Crippen LogP contribution in [0.2, 0.25) is 0 Å². The lowest BCUT2D eigenvalue weighted by Gasteiger charge is -2.34. The van der Waals surface area contributed by atoms with Crippen LogP contribution in [0.1, 0.15) is 17.5 Å². The van der Waals surface area contributed by atoms with Gasteiger partial charge in [-0.2, -0.15) is 0 Å². The second-order valence-electron chi connectivity index (χ2n) is 6.78. The molecule has 1 aromatic heterocycles. The zero-order chi connectivity index (χ0) is 18.9. The summed E-state index contributed by atoms with van der Waals surface area (Å²) in [7, 11) is 0. The van der Waals surface area contributed by atoms with Gasteiger partial charge in [0.25, 0.3) is 0 Å². The molecule has 1 aromatic carbocycles. The summed E-state index contributed by atoms with van der Waals surface area (Å²) >= 11 is 0. The highest BCUT2D eigenvalue weighted by Gasteiger charge is 2.22. The maximum atomic E-state index is 12.4. The minimum absolute atomic E-state index is 0.0233. The predicted molar refractivity (Wildman–Crippen MR) is 104 cm³/mol. The van der Waals surface area contributed by atoms with Gasteiger partial charge < -0.3 is 10.2 Å². The maximum absolute atomic E-state index is 12.4. The number of carbonyl (C=O) groups excluding carboxylic acids is 2. The van der Waals surface area contributed by atoms with E-state index in [0.29, 0.717) is 32.6 Å². The van der Waals surface area contributed by atoms with Crippen molar-refractivity contribution in [3.05, 3.63) is 66.0 Å². The smallest absolute Gasteiger partial charge is 0.234 e. The second kappa shape index (κ2) is 9.83. The summed E-state index contributed by atoms with van der Waals surface area (Å²) in [6.45, 7) is 3.75. The molecule has 0 radical (unpaired) electrons. The fraction of sp³-hybridized carbons (Fsp3) is 0.381. The fourth-order valence-electron chi connectivity index (χ4n) is 3.17. The van der Waals surface area contributed by atoms with Gasteiger partial charge in [-0.1, -0.05) is 36.4 Å². The van der Waals surface area contributed by atoms with Gasteiger partial charge in [0.05, 0.1) is 6.54 Å².